The van der Waals surface area contributed by atoms with Gasteiger partial charge in [0.15, 0.2) is 0 Å². The fraction of sp³-hybridized carbons (Fsp3) is 0.294. The molecule has 71 heavy (non-hydrogen) atoms. The smallest absolute Gasteiger partial charge is 0.252 e. The maximum atomic E-state index is 2.69. The van der Waals surface area contributed by atoms with E-state index in [1.165, 1.54) is 112 Å². The summed E-state index contributed by atoms with van der Waals surface area (Å²) in [6, 6.07) is 65.9. The van der Waals surface area contributed by atoms with E-state index < -0.39 is 0 Å². The predicted octanol–water partition coefficient (Wildman–Crippen LogP) is 16.1. The van der Waals surface area contributed by atoms with Gasteiger partial charge in [-0.05, 0) is 167 Å². The van der Waals surface area contributed by atoms with Crippen LogP contribution in [0.3, 0.4) is 0 Å². The standard InChI is InChI=1S/C68H69BN2/c1-43-34-60-63-61(35-43)71(57-33-29-48(64(2,3)4)37-50(57)44-22-16-13-17-23-44)58-32-28-47(62(45-24-18-14-19-25-45)46-26-20-15-21-27-46)36-55(58)69(63)56-39-53-54(68(11,12)42-67(53,9)10)40-59(56)70(60)49-30-31-51-52(38-49)66(7,8)41-65(51,5)6/h13-40,62H,41-42H2,1-12H3. The summed E-state index contributed by atoms with van der Waals surface area (Å²) in [5, 5.41) is 0. The molecule has 0 amide bonds. The monoisotopic (exact) mass is 925 g/mol. The topological polar surface area (TPSA) is 6.48 Å². The fourth-order valence-corrected chi connectivity index (χ4v) is 14.4. The first-order valence-electron chi connectivity index (χ1n) is 26.2. The lowest BCUT2D eigenvalue weighted by Crippen LogP contribution is -2.61. The van der Waals surface area contributed by atoms with E-state index in [0.717, 1.165) is 12.8 Å². The second kappa shape index (κ2) is 15.7. The van der Waals surface area contributed by atoms with Gasteiger partial charge >= 0.3 is 0 Å². The van der Waals surface area contributed by atoms with Gasteiger partial charge in [0.2, 0.25) is 0 Å². The average molecular weight is 925 g/mol. The summed E-state index contributed by atoms with van der Waals surface area (Å²) in [4.78, 5) is 5.33. The van der Waals surface area contributed by atoms with Gasteiger partial charge in [0.1, 0.15) is 0 Å². The minimum Gasteiger partial charge on any atom is -0.311 e. The fourth-order valence-electron chi connectivity index (χ4n) is 14.4. The molecular formula is C68H69BN2. The minimum absolute atomic E-state index is 0.0196. The van der Waals surface area contributed by atoms with Gasteiger partial charge in [-0.2, -0.15) is 0 Å². The van der Waals surface area contributed by atoms with Crippen molar-refractivity contribution in [2.24, 2.45) is 0 Å². The summed E-state index contributed by atoms with van der Waals surface area (Å²) in [6.45, 7) is 29.0. The molecule has 2 heterocycles. The van der Waals surface area contributed by atoms with Crippen molar-refractivity contribution in [3.05, 3.63) is 220 Å². The van der Waals surface area contributed by atoms with Crippen molar-refractivity contribution in [3.63, 3.8) is 0 Å². The zero-order valence-electron chi connectivity index (χ0n) is 44.1. The van der Waals surface area contributed by atoms with Crippen molar-refractivity contribution in [2.75, 3.05) is 9.80 Å². The molecule has 0 saturated carbocycles. The average Bonchev–Trinajstić information content (AvgIpc) is 3.64. The maximum Gasteiger partial charge on any atom is 0.252 e. The Morgan fingerprint density at radius 1 is 0.437 bits per heavy atom. The maximum absolute atomic E-state index is 2.69. The number of fused-ring (bicyclic) bond motifs is 6. The largest absolute Gasteiger partial charge is 0.311 e. The Kier molecular flexibility index (Phi) is 10.1. The Morgan fingerprint density at radius 2 is 0.958 bits per heavy atom. The highest BCUT2D eigenvalue weighted by Gasteiger charge is 2.49. The number of benzene rings is 8. The molecule has 0 aromatic heterocycles. The molecule has 2 nitrogen and oxygen atoms in total. The predicted molar refractivity (Wildman–Crippen MR) is 305 cm³/mol. The summed E-state index contributed by atoms with van der Waals surface area (Å²) in [6.07, 6.45) is 2.24. The number of hydrogen-bond donors (Lipinski definition) is 0. The van der Waals surface area contributed by atoms with Crippen LogP contribution in [0.2, 0.25) is 0 Å². The Morgan fingerprint density at radius 3 is 1.56 bits per heavy atom. The molecule has 2 aliphatic carbocycles. The van der Waals surface area contributed by atoms with Gasteiger partial charge in [-0.1, -0.05) is 197 Å². The molecule has 2 aliphatic heterocycles. The van der Waals surface area contributed by atoms with E-state index in [1.54, 1.807) is 0 Å². The molecule has 0 bridgehead atoms. The van der Waals surface area contributed by atoms with E-state index >= 15 is 0 Å². The second-order valence-electron chi connectivity index (χ2n) is 25.3. The molecule has 0 unspecified atom stereocenters. The molecule has 0 radical (unpaired) electrons. The summed E-state index contributed by atoms with van der Waals surface area (Å²) in [7, 11) is 0. The molecule has 0 saturated heterocycles. The normalized spacial score (nSPS) is 17.4. The van der Waals surface area contributed by atoms with Crippen LogP contribution >= 0.6 is 0 Å². The first-order chi connectivity index (χ1) is 33.7. The lowest BCUT2D eigenvalue weighted by molar-refractivity contribution is 0.403. The quantitative estimate of drug-likeness (QED) is 0.121. The third kappa shape index (κ3) is 7.19. The van der Waals surface area contributed by atoms with Gasteiger partial charge in [-0.3, -0.25) is 0 Å². The minimum atomic E-state index is -0.0271. The van der Waals surface area contributed by atoms with Crippen molar-refractivity contribution in [1.29, 1.82) is 0 Å². The number of nitrogens with zero attached hydrogens (tertiary/aromatic N) is 2. The molecule has 0 atom stereocenters. The van der Waals surface area contributed by atoms with Crippen LogP contribution < -0.4 is 26.2 Å². The van der Waals surface area contributed by atoms with Crippen molar-refractivity contribution in [1.82, 2.24) is 0 Å². The SMILES string of the molecule is Cc1cc2c3c(c1)N(c1ccc(C(C)(C)C)cc1-c1ccccc1)c1ccc(C(c4ccccc4)c4ccccc4)cc1B3c1cc3c(cc1N2c1ccc2c(c1)C(C)(C)CC2(C)C)C(C)(C)CC3(C)C. The van der Waals surface area contributed by atoms with Gasteiger partial charge in [0.25, 0.3) is 6.71 Å². The lowest BCUT2D eigenvalue weighted by Gasteiger charge is -2.45. The third-order valence-electron chi connectivity index (χ3n) is 17.1. The van der Waals surface area contributed by atoms with Crippen LogP contribution in [0.25, 0.3) is 11.1 Å². The van der Waals surface area contributed by atoms with Crippen LogP contribution in [0.15, 0.2) is 170 Å². The number of aryl methyl sites for hydroxylation is 1. The first kappa shape index (κ1) is 45.6. The van der Waals surface area contributed by atoms with Crippen molar-refractivity contribution < 1.29 is 0 Å². The summed E-state index contributed by atoms with van der Waals surface area (Å²) in [5.74, 6) is 0.0549. The van der Waals surface area contributed by atoms with E-state index in [4.69, 9.17) is 0 Å². The molecule has 3 heteroatoms. The molecule has 0 fully saturated rings. The summed E-state index contributed by atoms with van der Waals surface area (Å²) < 4.78 is 0. The van der Waals surface area contributed by atoms with Crippen molar-refractivity contribution in [3.8, 4) is 11.1 Å². The highest BCUT2D eigenvalue weighted by molar-refractivity contribution is 7.00. The highest BCUT2D eigenvalue weighted by atomic mass is 15.2. The zero-order valence-corrected chi connectivity index (χ0v) is 44.1. The number of rotatable bonds is 6. The number of hydrogen-bond acceptors (Lipinski definition) is 2. The van der Waals surface area contributed by atoms with Gasteiger partial charge in [-0.15, -0.1) is 0 Å². The molecule has 8 aromatic rings. The Hall–Kier alpha value is -6.58. The Labute approximate surface area is 424 Å². The second-order valence-corrected chi connectivity index (χ2v) is 25.3. The highest BCUT2D eigenvalue weighted by Crippen LogP contribution is 2.55. The van der Waals surface area contributed by atoms with E-state index in [2.05, 4.69) is 263 Å². The molecule has 354 valence electrons. The lowest BCUT2D eigenvalue weighted by atomic mass is 9.33. The van der Waals surface area contributed by atoms with Gasteiger partial charge in [0.05, 0.1) is 5.69 Å². The van der Waals surface area contributed by atoms with E-state index in [1.807, 2.05) is 0 Å². The van der Waals surface area contributed by atoms with Crippen LogP contribution in [-0.4, -0.2) is 6.71 Å². The number of anilines is 6. The Balaban J connectivity index is 1.20. The van der Waals surface area contributed by atoms with Crippen LogP contribution in [0.1, 0.15) is 145 Å². The van der Waals surface area contributed by atoms with E-state index in [0.29, 0.717) is 0 Å². The molecule has 0 spiro atoms. The van der Waals surface area contributed by atoms with Gasteiger partial charge in [-0.25, -0.2) is 0 Å². The molecule has 0 N–H and O–H groups in total. The third-order valence-corrected chi connectivity index (χ3v) is 17.1. The molecule has 8 aromatic carbocycles. The summed E-state index contributed by atoms with van der Waals surface area (Å²) >= 11 is 0. The molecule has 4 aliphatic rings. The molecule has 12 rings (SSSR count). The van der Waals surface area contributed by atoms with Crippen LogP contribution in [0, 0.1) is 6.92 Å². The van der Waals surface area contributed by atoms with E-state index in [9.17, 15) is 0 Å². The van der Waals surface area contributed by atoms with Crippen LogP contribution in [-0.2, 0) is 27.1 Å². The van der Waals surface area contributed by atoms with Crippen LogP contribution in [0.4, 0.5) is 34.1 Å². The van der Waals surface area contributed by atoms with E-state index in [-0.39, 0.29) is 39.7 Å². The first-order valence-corrected chi connectivity index (χ1v) is 26.2. The molecular weight excluding hydrogens is 856 g/mol. The van der Waals surface area contributed by atoms with Crippen molar-refractivity contribution >= 4 is 57.2 Å². The Bertz CT molecular complexity index is 3390. The van der Waals surface area contributed by atoms with Gasteiger partial charge in [0, 0.05) is 39.9 Å². The summed E-state index contributed by atoms with van der Waals surface area (Å²) in [5.41, 5.74) is 26.7. The van der Waals surface area contributed by atoms with Gasteiger partial charge < -0.3 is 9.80 Å². The zero-order chi connectivity index (χ0) is 49.6. The van der Waals surface area contributed by atoms with Crippen molar-refractivity contribution in [2.45, 2.75) is 129 Å². The van der Waals surface area contributed by atoms with Crippen LogP contribution in [0.5, 0.6) is 0 Å².